The van der Waals surface area contributed by atoms with Crippen molar-refractivity contribution in [2.45, 2.75) is 64.2 Å². The fourth-order valence-corrected chi connectivity index (χ4v) is 5.80. The van der Waals surface area contributed by atoms with Gasteiger partial charge < -0.3 is 25.6 Å². The van der Waals surface area contributed by atoms with Crippen molar-refractivity contribution in [3.05, 3.63) is 52.7 Å². The molecule has 36 heavy (non-hydrogen) atoms. The van der Waals surface area contributed by atoms with E-state index >= 15 is 0 Å². The minimum absolute atomic E-state index is 0.0104. The molecule has 2 aromatic rings. The van der Waals surface area contributed by atoms with E-state index in [9.17, 15) is 19.8 Å². The maximum atomic E-state index is 13.0. The van der Waals surface area contributed by atoms with Gasteiger partial charge in [-0.2, -0.15) is 11.8 Å². The van der Waals surface area contributed by atoms with Crippen LogP contribution in [-0.4, -0.2) is 57.2 Å². The molecule has 0 unspecified atom stereocenters. The van der Waals surface area contributed by atoms with Crippen molar-refractivity contribution in [1.82, 2.24) is 15.6 Å². The number of carbonyl (C=O) groups is 2. The van der Waals surface area contributed by atoms with Crippen LogP contribution in [-0.2, 0) is 6.61 Å². The summed E-state index contributed by atoms with van der Waals surface area (Å²) in [6.45, 7) is 2.29. The zero-order valence-corrected chi connectivity index (χ0v) is 21.5. The van der Waals surface area contributed by atoms with Crippen molar-refractivity contribution in [3.63, 3.8) is 0 Å². The molecule has 1 aromatic carbocycles. The molecule has 2 amide bonds. The molecule has 2 fully saturated rings. The Labute approximate surface area is 216 Å². The maximum Gasteiger partial charge on any atom is 0.256 e. The average molecular weight is 514 g/mol. The lowest BCUT2D eigenvalue weighted by Gasteiger charge is -2.29. The van der Waals surface area contributed by atoms with Gasteiger partial charge in [0.2, 0.25) is 5.88 Å². The SMILES string of the molecule is Cc1cnc(OC2CCSCC2)c(C(=O)NCC2CCC(NC(=O)c3cc(CO)ccc3O)CC2)c1. The van der Waals surface area contributed by atoms with Crippen LogP contribution in [0.5, 0.6) is 11.6 Å². The number of rotatable bonds is 8. The number of phenolic OH excluding ortho intramolecular Hbond substituents is 1. The van der Waals surface area contributed by atoms with Crippen LogP contribution < -0.4 is 15.4 Å². The van der Waals surface area contributed by atoms with Crippen LogP contribution >= 0.6 is 11.8 Å². The van der Waals surface area contributed by atoms with Crippen LogP contribution in [0.3, 0.4) is 0 Å². The molecular formula is C27H35N3O5S. The van der Waals surface area contributed by atoms with E-state index in [1.165, 1.54) is 12.1 Å². The third-order valence-corrected chi connectivity index (χ3v) is 7.95. The molecule has 1 aliphatic carbocycles. The topological polar surface area (TPSA) is 121 Å². The first-order valence-corrected chi connectivity index (χ1v) is 13.8. The van der Waals surface area contributed by atoms with Gasteiger partial charge in [-0.3, -0.25) is 9.59 Å². The molecule has 1 saturated heterocycles. The fraction of sp³-hybridized carbons (Fsp3) is 0.519. The molecular weight excluding hydrogens is 478 g/mol. The van der Waals surface area contributed by atoms with Crippen molar-refractivity contribution < 1.29 is 24.5 Å². The Bertz CT molecular complexity index is 1070. The lowest BCUT2D eigenvalue weighted by molar-refractivity contribution is 0.0916. The van der Waals surface area contributed by atoms with E-state index in [4.69, 9.17) is 4.74 Å². The van der Waals surface area contributed by atoms with Crippen molar-refractivity contribution in [2.24, 2.45) is 5.92 Å². The smallest absolute Gasteiger partial charge is 0.256 e. The van der Waals surface area contributed by atoms with Crippen molar-refractivity contribution in [1.29, 1.82) is 0 Å². The molecule has 2 heterocycles. The first-order valence-electron chi connectivity index (χ1n) is 12.7. The third-order valence-electron chi connectivity index (χ3n) is 6.90. The van der Waals surface area contributed by atoms with E-state index in [-0.39, 0.29) is 41.9 Å². The van der Waals surface area contributed by atoms with Gasteiger partial charge in [-0.1, -0.05) is 6.07 Å². The summed E-state index contributed by atoms with van der Waals surface area (Å²) in [6, 6.07) is 6.37. The summed E-state index contributed by atoms with van der Waals surface area (Å²) in [4.78, 5) is 30.1. The van der Waals surface area contributed by atoms with Crippen LogP contribution in [0.1, 0.15) is 70.4 Å². The summed E-state index contributed by atoms with van der Waals surface area (Å²) >= 11 is 1.93. The molecule has 1 aliphatic heterocycles. The molecule has 4 N–H and O–H groups in total. The summed E-state index contributed by atoms with van der Waals surface area (Å²) in [7, 11) is 0. The molecule has 0 atom stereocenters. The number of hydrogen-bond donors (Lipinski definition) is 4. The van der Waals surface area contributed by atoms with Gasteiger partial charge in [-0.15, -0.1) is 0 Å². The Balaban J connectivity index is 1.26. The van der Waals surface area contributed by atoms with E-state index in [1.54, 1.807) is 12.3 Å². The lowest BCUT2D eigenvalue weighted by atomic mass is 9.85. The average Bonchev–Trinajstić information content (AvgIpc) is 2.90. The molecule has 8 nitrogen and oxygen atoms in total. The van der Waals surface area contributed by atoms with Gasteiger partial charge in [0.25, 0.3) is 11.8 Å². The number of thioether (sulfide) groups is 1. The highest BCUT2D eigenvalue weighted by Crippen LogP contribution is 2.27. The summed E-state index contributed by atoms with van der Waals surface area (Å²) in [5.74, 6) is 2.27. The largest absolute Gasteiger partial charge is 0.507 e. The van der Waals surface area contributed by atoms with Crippen LogP contribution in [0.15, 0.2) is 30.5 Å². The zero-order chi connectivity index (χ0) is 25.5. The number of benzene rings is 1. The maximum absolute atomic E-state index is 13.0. The predicted molar refractivity (Wildman–Crippen MR) is 140 cm³/mol. The zero-order valence-electron chi connectivity index (χ0n) is 20.7. The van der Waals surface area contributed by atoms with Gasteiger partial charge in [0, 0.05) is 18.8 Å². The number of aliphatic hydroxyl groups is 1. The number of hydrogen-bond acceptors (Lipinski definition) is 7. The number of carbonyl (C=O) groups excluding carboxylic acids is 2. The number of nitrogens with zero attached hydrogens (tertiary/aromatic N) is 1. The normalized spacial score (nSPS) is 20.5. The Kier molecular flexibility index (Phi) is 9.09. The Morgan fingerprint density at radius 2 is 1.81 bits per heavy atom. The minimum Gasteiger partial charge on any atom is -0.507 e. The molecule has 9 heteroatoms. The summed E-state index contributed by atoms with van der Waals surface area (Å²) in [5, 5.41) is 25.4. The molecule has 194 valence electrons. The Morgan fingerprint density at radius 1 is 1.06 bits per heavy atom. The van der Waals surface area contributed by atoms with E-state index in [1.807, 2.05) is 24.8 Å². The van der Waals surface area contributed by atoms with Crippen molar-refractivity contribution in [3.8, 4) is 11.6 Å². The number of pyridine rings is 1. The molecule has 2 aliphatic rings. The number of aromatic nitrogens is 1. The first-order chi connectivity index (χ1) is 17.4. The van der Waals surface area contributed by atoms with Gasteiger partial charge in [0.05, 0.1) is 12.2 Å². The highest BCUT2D eigenvalue weighted by molar-refractivity contribution is 7.99. The highest BCUT2D eigenvalue weighted by atomic mass is 32.2. The number of aliphatic hydroxyl groups excluding tert-OH is 1. The summed E-state index contributed by atoms with van der Waals surface area (Å²) in [6.07, 6.45) is 7.12. The predicted octanol–water partition coefficient (Wildman–Crippen LogP) is 3.58. The standard InChI is InChI=1S/C27H35N3O5S/c1-17-12-23(27(29-14-17)35-21-8-10-36-11-9-21)25(33)28-15-18-2-5-20(6-3-18)30-26(34)22-13-19(16-31)4-7-24(22)32/h4,7,12-14,18,20-21,31-32H,2-3,5-6,8-11,15-16H2,1H3,(H,28,33)(H,30,34). The second-order valence-electron chi connectivity index (χ2n) is 9.71. The first kappa shape index (κ1) is 26.3. The molecule has 1 saturated carbocycles. The quantitative estimate of drug-likeness (QED) is 0.426. The van der Waals surface area contributed by atoms with Gasteiger partial charge >= 0.3 is 0 Å². The van der Waals surface area contributed by atoms with Crippen molar-refractivity contribution >= 4 is 23.6 Å². The molecule has 0 spiro atoms. The Hall–Kier alpha value is -2.78. The van der Waals surface area contributed by atoms with Crippen LogP contribution in [0.25, 0.3) is 0 Å². The van der Waals surface area contributed by atoms with Gasteiger partial charge in [0.15, 0.2) is 0 Å². The second kappa shape index (κ2) is 12.5. The fourth-order valence-electron chi connectivity index (χ4n) is 4.73. The van der Waals surface area contributed by atoms with Crippen LogP contribution in [0.4, 0.5) is 0 Å². The lowest BCUT2D eigenvalue weighted by Crippen LogP contribution is -2.40. The van der Waals surface area contributed by atoms with Crippen LogP contribution in [0.2, 0.25) is 0 Å². The second-order valence-corrected chi connectivity index (χ2v) is 10.9. The number of aryl methyl sites for hydroxylation is 1. The van der Waals surface area contributed by atoms with E-state index in [0.717, 1.165) is 55.6 Å². The number of amides is 2. The highest BCUT2D eigenvalue weighted by Gasteiger charge is 2.25. The van der Waals surface area contributed by atoms with Gasteiger partial charge in [-0.25, -0.2) is 4.98 Å². The van der Waals surface area contributed by atoms with E-state index in [0.29, 0.717) is 29.5 Å². The Morgan fingerprint density at radius 3 is 2.53 bits per heavy atom. The summed E-state index contributed by atoms with van der Waals surface area (Å²) in [5.41, 5.74) is 2.15. The number of aromatic hydroxyl groups is 1. The van der Waals surface area contributed by atoms with E-state index < -0.39 is 0 Å². The number of nitrogens with one attached hydrogen (secondary N) is 2. The molecule has 0 radical (unpaired) electrons. The van der Waals surface area contributed by atoms with Crippen molar-refractivity contribution in [2.75, 3.05) is 18.1 Å². The molecule has 4 rings (SSSR count). The summed E-state index contributed by atoms with van der Waals surface area (Å²) < 4.78 is 6.11. The third kappa shape index (κ3) is 6.91. The van der Waals surface area contributed by atoms with Gasteiger partial charge in [-0.05, 0) is 92.2 Å². The minimum atomic E-state index is -0.337. The van der Waals surface area contributed by atoms with Crippen LogP contribution in [0, 0.1) is 12.8 Å². The van der Waals surface area contributed by atoms with E-state index in [2.05, 4.69) is 15.6 Å². The number of ether oxygens (including phenoxy) is 1. The van der Waals surface area contributed by atoms with Gasteiger partial charge in [0.1, 0.15) is 17.4 Å². The molecule has 1 aromatic heterocycles. The monoisotopic (exact) mass is 513 g/mol. The number of phenols is 1. The molecule has 0 bridgehead atoms.